The number of nitrogens with zero attached hydrogens (tertiary/aromatic N) is 4. The van der Waals surface area contributed by atoms with Gasteiger partial charge in [0.1, 0.15) is 17.0 Å². The lowest BCUT2D eigenvalue weighted by Gasteiger charge is -2.31. The number of carbonyl (C=O) groups excluding carboxylic acids is 1. The molecule has 0 spiro atoms. The van der Waals surface area contributed by atoms with Gasteiger partial charge in [-0.1, -0.05) is 6.92 Å². The number of hydrogen-bond donors (Lipinski definition) is 1. The Morgan fingerprint density at radius 2 is 2.21 bits per heavy atom. The van der Waals surface area contributed by atoms with Gasteiger partial charge in [-0.2, -0.15) is 9.97 Å². The van der Waals surface area contributed by atoms with Crippen LogP contribution in [0.1, 0.15) is 32.6 Å². The number of hydrogen-bond acceptors (Lipinski definition) is 11. The van der Waals surface area contributed by atoms with Gasteiger partial charge in [0.05, 0.1) is 36.8 Å². The van der Waals surface area contributed by atoms with Crippen LogP contribution in [0.3, 0.4) is 0 Å². The molecule has 0 bridgehead atoms. The average Bonchev–Trinajstić information content (AvgIpc) is 3.28. The van der Waals surface area contributed by atoms with Crippen molar-refractivity contribution in [2.75, 3.05) is 18.9 Å². The molecular formula is C18H24ClFN5O6PS. The molecule has 2 N–H and O–H groups in total. The van der Waals surface area contributed by atoms with Crippen molar-refractivity contribution in [3.05, 3.63) is 11.6 Å². The monoisotopic (exact) mass is 523 g/mol. The van der Waals surface area contributed by atoms with Crippen molar-refractivity contribution in [2.45, 2.75) is 56.2 Å². The van der Waals surface area contributed by atoms with Gasteiger partial charge in [0.25, 0.3) is 0 Å². The van der Waals surface area contributed by atoms with Gasteiger partial charge < -0.3 is 10.5 Å². The van der Waals surface area contributed by atoms with E-state index in [1.54, 1.807) is 20.8 Å². The fourth-order valence-electron chi connectivity index (χ4n) is 3.49. The zero-order chi connectivity index (χ0) is 23.9. The first kappa shape index (κ1) is 24.6. The quantitative estimate of drug-likeness (QED) is 0.323. The van der Waals surface area contributed by atoms with Crippen LogP contribution >= 0.6 is 31.2 Å². The molecule has 2 aromatic rings. The van der Waals surface area contributed by atoms with Crippen LogP contribution in [0, 0.1) is 5.92 Å². The van der Waals surface area contributed by atoms with Crippen LogP contribution < -0.4 is 5.73 Å². The van der Waals surface area contributed by atoms with Crippen LogP contribution in [0.2, 0.25) is 5.28 Å². The van der Waals surface area contributed by atoms with E-state index < -0.39 is 36.6 Å². The number of alkyl halides is 1. The lowest BCUT2D eigenvalue weighted by Crippen LogP contribution is -2.37. The predicted octanol–water partition coefficient (Wildman–Crippen LogP) is 3.53. The summed E-state index contributed by atoms with van der Waals surface area (Å²) in [6.07, 6.45) is -1.18. The summed E-state index contributed by atoms with van der Waals surface area (Å²) in [5, 5.41) is -1.29. The number of phosphoric acid groups is 1. The smallest absolute Gasteiger partial charge is 0.463 e. The molecule has 6 atom stereocenters. The fraction of sp³-hybridized carbons (Fsp3) is 0.667. The molecule has 4 heterocycles. The third-order valence-electron chi connectivity index (χ3n) is 5.16. The molecule has 182 valence electrons. The van der Waals surface area contributed by atoms with Gasteiger partial charge in [0.2, 0.25) is 5.28 Å². The summed E-state index contributed by atoms with van der Waals surface area (Å²) in [7, 11) is -4.00. The second kappa shape index (κ2) is 9.63. The van der Waals surface area contributed by atoms with Gasteiger partial charge in [0.15, 0.2) is 17.6 Å². The van der Waals surface area contributed by atoms with Crippen molar-refractivity contribution in [3.63, 3.8) is 0 Å². The van der Waals surface area contributed by atoms with E-state index in [0.717, 1.165) is 0 Å². The van der Waals surface area contributed by atoms with Crippen LogP contribution in [-0.2, 0) is 27.7 Å². The Morgan fingerprint density at radius 3 is 2.94 bits per heavy atom. The minimum Gasteiger partial charge on any atom is -0.463 e. The minimum atomic E-state index is -4.00. The van der Waals surface area contributed by atoms with Crippen molar-refractivity contribution in [1.82, 2.24) is 19.5 Å². The van der Waals surface area contributed by atoms with Crippen molar-refractivity contribution in [1.29, 1.82) is 0 Å². The summed E-state index contributed by atoms with van der Waals surface area (Å²) in [6, 6.07) is 0. The first-order valence-corrected chi connectivity index (χ1v) is 13.1. The maximum absolute atomic E-state index is 15.4. The molecule has 2 aromatic heterocycles. The first-order valence-electron chi connectivity index (χ1n) is 10.3. The number of esters is 1. The summed E-state index contributed by atoms with van der Waals surface area (Å²) >= 11 is 7.14. The van der Waals surface area contributed by atoms with Crippen molar-refractivity contribution >= 4 is 54.1 Å². The van der Waals surface area contributed by atoms with Gasteiger partial charge in [-0.05, 0) is 31.9 Å². The Kier molecular flexibility index (Phi) is 7.18. The van der Waals surface area contributed by atoms with Gasteiger partial charge >= 0.3 is 13.8 Å². The summed E-state index contributed by atoms with van der Waals surface area (Å²) in [4.78, 5) is 24.0. The number of phosphoric ester groups is 1. The van der Waals surface area contributed by atoms with Crippen LogP contribution in [0.15, 0.2) is 6.33 Å². The molecule has 0 saturated carbocycles. The first-order chi connectivity index (χ1) is 15.6. The molecule has 0 radical (unpaired) electrons. The standard InChI is InChI=1S/C18H24ClFN5O6PS/c1-8(2)30-17(26)9(3)4-5-28-32(27)29-6-10-13(31-32)11(20)16(33-10)25-7-22-12-14(21)23-18(19)24-15(12)25/h7-11,13,16H,4-6H2,1-3H3,(H2,21,23,24)/t9-,10-,11+,13-,16-,32?/m1/s1. The number of imidazole rings is 1. The molecule has 4 rings (SSSR count). The number of ether oxygens (including phenoxy) is 1. The van der Waals surface area contributed by atoms with Crippen molar-refractivity contribution in [3.8, 4) is 0 Å². The van der Waals surface area contributed by atoms with E-state index in [-0.39, 0.29) is 48.5 Å². The van der Waals surface area contributed by atoms with E-state index in [4.69, 9.17) is 35.6 Å². The Balaban J connectivity index is 1.41. The van der Waals surface area contributed by atoms with Crippen molar-refractivity contribution in [2.24, 2.45) is 5.92 Å². The molecule has 2 fully saturated rings. The Morgan fingerprint density at radius 1 is 1.45 bits per heavy atom. The normalized spacial score (nSPS) is 30.5. The molecule has 15 heteroatoms. The van der Waals surface area contributed by atoms with E-state index in [1.165, 1.54) is 22.7 Å². The minimum absolute atomic E-state index is 0.0288. The largest absolute Gasteiger partial charge is 0.475 e. The number of aromatic nitrogens is 4. The highest BCUT2D eigenvalue weighted by Crippen LogP contribution is 2.60. The highest BCUT2D eigenvalue weighted by atomic mass is 35.5. The Labute approximate surface area is 198 Å². The highest BCUT2D eigenvalue weighted by molar-refractivity contribution is 8.00. The molecule has 11 nitrogen and oxygen atoms in total. The molecular weight excluding hydrogens is 500 g/mol. The lowest BCUT2D eigenvalue weighted by atomic mass is 10.1. The number of halogens is 2. The Hall–Kier alpha value is -1.50. The number of nitrogen functional groups attached to an aromatic ring is 1. The number of nitrogens with two attached hydrogens (primary N) is 1. The SMILES string of the molecule is CC(C)OC(=O)[C@H](C)CCOP1(=O)OC[C@H]2S[C@@H](n3cnc4c(N)nc(Cl)nc43)[C@@H](F)[C@@H]2O1. The molecule has 0 aromatic carbocycles. The number of anilines is 1. The Bertz CT molecular complexity index is 1090. The number of thioether (sulfide) groups is 1. The lowest BCUT2D eigenvalue weighted by molar-refractivity contribution is -0.152. The van der Waals surface area contributed by atoms with E-state index in [9.17, 15) is 9.36 Å². The van der Waals surface area contributed by atoms with E-state index >= 15 is 4.39 Å². The fourth-order valence-corrected chi connectivity index (χ4v) is 6.73. The molecule has 2 saturated heterocycles. The summed E-state index contributed by atoms with van der Waals surface area (Å²) < 4.78 is 51.2. The molecule has 2 aliphatic rings. The van der Waals surface area contributed by atoms with Crippen LogP contribution in [0.5, 0.6) is 0 Å². The van der Waals surface area contributed by atoms with E-state index in [1.807, 2.05) is 0 Å². The van der Waals surface area contributed by atoms with Gasteiger partial charge in [0, 0.05) is 0 Å². The number of rotatable bonds is 7. The zero-order valence-electron chi connectivity index (χ0n) is 18.1. The predicted molar refractivity (Wildman–Crippen MR) is 119 cm³/mol. The molecule has 0 amide bonds. The second-order valence-electron chi connectivity index (χ2n) is 8.03. The molecule has 0 aliphatic carbocycles. The van der Waals surface area contributed by atoms with Crippen LogP contribution in [0.4, 0.5) is 10.2 Å². The highest BCUT2D eigenvalue weighted by Gasteiger charge is 2.54. The van der Waals surface area contributed by atoms with Crippen LogP contribution in [0.25, 0.3) is 11.2 Å². The van der Waals surface area contributed by atoms with Gasteiger partial charge in [-0.3, -0.25) is 22.9 Å². The molecule has 1 unspecified atom stereocenters. The average molecular weight is 524 g/mol. The van der Waals surface area contributed by atoms with Crippen LogP contribution in [-0.4, -0.2) is 62.3 Å². The molecule has 33 heavy (non-hydrogen) atoms. The maximum Gasteiger partial charge on any atom is 0.475 e. The van der Waals surface area contributed by atoms with E-state index in [2.05, 4.69) is 15.0 Å². The number of carbonyl (C=O) groups is 1. The summed E-state index contributed by atoms with van der Waals surface area (Å²) in [6.45, 7) is 5.08. The third kappa shape index (κ3) is 5.13. The third-order valence-corrected chi connectivity index (χ3v) is 8.32. The van der Waals surface area contributed by atoms with Gasteiger partial charge in [-0.15, -0.1) is 11.8 Å². The molecule has 2 aliphatic heterocycles. The topological polar surface area (TPSA) is 141 Å². The van der Waals surface area contributed by atoms with Crippen molar-refractivity contribution < 1.29 is 32.1 Å². The zero-order valence-corrected chi connectivity index (χ0v) is 20.6. The summed E-state index contributed by atoms with van der Waals surface area (Å²) in [5.41, 5.74) is 6.42. The van der Waals surface area contributed by atoms with E-state index in [0.29, 0.717) is 5.52 Å². The number of fused-ring (bicyclic) bond motifs is 2. The maximum atomic E-state index is 15.4. The second-order valence-corrected chi connectivity index (χ2v) is 11.4. The van der Waals surface area contributed by atoms with Gasteiger partial charge in [-0.25, -0.2) is 13.9 Å². The summed E-state index contributed by atoms with van der Waals surface area (Å²) in [5.74, 6) is -0.760.